The molecule has 0 aromatic heterocycles. The Morgan fingerprint density at radius 3 is 2.41 bits per heavy atom. The summed E-state index contributed by atoms with van der Waals surface area (Å²) in [6.07, 6.45) is 9.04. The van der Waals surface area contributed by atoms with Crippen molar-refractivity contribution in [2.45, 2.75) is 90.2 Å². The third-order valence-electron chi connectivity index (χ3n) is 9.28. The summed E-state index contributed by atoms with van der Waals surface area (Å²) in [6, 6.07) is 12.0. The molecule has 1 fully saturated rings. The molecular formula is C36H53N5O5. The average molecular weight is 636 g/mol. The van der Waals surface area contributed by atoms with Crippen molar-refractivity contribution in [2.75, 3.05) is 49.7 Å². The van der Waals surface area contributed by atoms with Gasteiger partial charge in [0.2, 0.25) is 11.8 Å². The van der Waals surface area contributed by atoms with Crippen LogP contribution in [0, 0.1) is 11.8 Å². The number of amides is 3. The Morgan fingerprint density at radius 2 is 1.72 bits per heavy atom. The SMILES string of the molecule is C[C@H]1CN([C@@H](C)CO)C(=O)c2cc(NC(=O)CCCCCC(=O)Nc3ccccc3N)ccc2O[C@@H]1CN(C)CC1CCCCC1. The van der Waals surface area contributed by atoms with Crippen LogP contribution in [-0.4, -0.2) is 78.1 Å². The van der Waals surface area contributed by atoms with Crippen LogP contribution in [0.3, 0.4) is 0 Å². The maximum atomic E-state index is 13.8. The number of likely N-dealkylation sites (N-methyl/N-ethyl adjacent to an activating group) is 1. The Hall–Kier alpha value is -3.63. The number of carbonyl (C=O) groups is 3. The molecule has 46 heavy (non-hydrogen) atoms. The third kappa shape index (κ3) is 10.2. The molecule has 3 atom stereocenters. The highest BCUT2D eigenvalue weighted by Crippen LogP contribution is 2.31. The quantitative estimate of drug-likeness (QED) is 0.158. The molecule has 1 heterocycles. The number of nitrogens with zero attached hydrogens (tertiary/aromatic N) is 2. The van der Waals surface area contributed by atoms with E-state index in [1.165, 1.54) is 32.1 Å². The second-order valence-electron chi connectivity index (χ2n) is 13.3. The van der Waals surface area contributed by atoms with Crippen molar-refractivity contribution in [1.29, 1.82) is 0 Å². The first-order valence-electron chi connectivity index (χ1n) is 17.0. The van der Waals surface area contributed by atoms with Gasteiger partial charge < -0.3 is 36.0 Å². The molecule has 3 amide bonds. The zero-order valence-electron chi connectivity index (χ0n) is 27.8. The first-order chi connectivity index (χ1) is 22.1. The number of benzene rings is 2. The molecule has 10 heteroatoms. The summed E-state index contributed by atoms with van der Waals surface area (Å²) in [7, 11) is 2.15. The predicted molar refractivity (Wildman–Crippen MR) is 183 cm³/mol. The smallest absolute Gasteiger partial charge is 0.258 e. The average Bonchev–Trinajstić information content (AvgIpc) is 3.04. The normalized spacial score (nSPS) is 19.5. The zero-order valence-corrected chi connectivity index (χ0v) is 27.8. The lowest BCUT2D eigenvalue weighted by Gasteiger charge is -2.38. The number of carbonyl (C=O) groups excluding carboxylic acids is 3. The molecule has 252 valence electrons. The summed E-state index contributed by atoms with van der Waals surface area (Å²) < 4.78 is 6.55. The Labute approximate surface area is 274 Å². The number of nitrogens with two attached hydrogens (primary N) is 1. The number of nitrogen functional groups attached to an aromatic ring is 1. The molecule has 1 aliphatic carbocycles. The van der Waals surface area contributed by atoms with Crippen LogP contribution in [0.25, 0.3) is 0 Å². The van der Waals surface area contributed by atoms with Crippen LogP contribution >= 0.6 is 0 Å². The predicted octanol–water partition coefficient (Wildman–Crippen LogP) is 5.53. The molecule has 2 aromatic carbocycles. The van der Waals surface area contributed by atoms with E-state index in [1.807, 2.05) is 19.1 Å². The second kappa shape index (κ2) is 17.3. The number of para-hydroxylation sites is 2. The minimum Gasteiger partial charge on any atom is -0.488 e. The van der Waals surface area contributed by atoms with E-state index >= 15 is 0 Å². The molecule has 10 nitrogen and oxygen atoms in total. The summed E-state index contributed by atoms with van der Waals surface area (Å²) in [4.78, 5) is 42.9. The number of unbranched alkanes of at least 4 members (excludes halogenated alkanes) is 2. The Bertz CT molecular complexity index is 1310. The molecule has 0 bridgehead atoms. The Balaban J connectivity index is 1.33. The summed E-state index contributed by atoms with van der Waals surface area (Å²) in [5.74, 6) is 0.791. The number of aliphatic hydroxyl groups is 1. The fourth-order valence-corrected chi connectivity index (χ4v) is 6.51. The Morgan fingerprint density at radius 1 is 1.02 bits per heavy atom. The molecule has 0 spiro atoms. The number of hydrogen-bond acceptors (Lipinski definition) is 7. The van der Waals surface area contributed by atoms with Crippen molar-refractivity contribution in [3.8, 4) is 5.75 Å². The van der Waals surface area contributed by atoms with Gasteiger partial charge in [0, 0.05) is 44.1 Å². The number of fused-ring (bicyclic) bond motifs is 1. The van der Waals surface area contributed by atoms with E-state index in [0.717, 1.165) is 19.5 Å². The van der Waals surface area contributed by atoms with Crippen molar-refractivity contribution in [1.82, 2.24) is 9.80 Å². The number of aliphatic hydroxyl groups excluding tert-OH is 1. The summed E-state index contributed by atoms with van der Waals surface area (Å²) in [5.41, 5.74) is 7.92. The maximum absolute atomic E-state index is 13.8. The van der Waals surface area contributed by atoms with E-state index in [4.69, 9.17) is 10.5 Å². The minimum absolute atomic E-state index is 0.0573. The second-order valence-corrected chi connectivity index (χ2v) is 13.3. The van der Waals surface area contributed by atoms with Gasteiger partial charge in [0.05, 0.1) is 29.6 Å². The highest BCUT2D eigenvalue weighted by Gasteiger charge is 2.34. The van der Waals surface area contributed by atoms with Gasteiger partial charge in [0.25, 0.3) is 5.91 Å². The van der Waals surface area contributed by atoms with Crippen LogP contribution in [0.15, 0.2) is 42.5 Å². The van der Waals surface area contributed by atoms with Gasteiger partial charge in [-0.3, -0.25) is 14.4 Å². The first kappa shape index (κ1) is 35.2. The van der Waals surface area contributed by atoms with E-state index in [0.29, 0.717) is 66.5 Å². The van der Waals surface area contributed by atoms with E-state index in [1.54, 1.807) is 35.2 Å². The van der Waals surface area contributed by atoms with Gasteiger partial charge in [-0.25, -0.2) is 0 Å². The molecule has 0 radical (unpaired) electrons. The first-order valence-corrected chi connectivity index (χ1v) is 17.0. The highest BCUT2D eigenvalue weighted by atomic mass is 16.5. The van der Waals surface area contributed by atoms with Crippen molar-refractivity contribution >= 4 is 34.8 Å². The molecule has 1 saturated carbocycles. The summed E-state index contributed by atoms with van der Waals surface area (Å²) in [5, 5.41) is 15.7. The third-order valence-corrected chi connectivity index (χ3v) is 9.28. The van der Waals surface area contributed by atoms with Gasteiger partial charge in [-0.2, -0.15) is 0 Å². The lowest BCUT2D eigenvalue weighted by Crippen LogP contribution is -2.50. The number of rotatable bonds is 14. The Kier molecular flexibility index (Phi) is 13.3. The number of hydrogen-bond donors (Lipinski definition) is 4. The van der Waals surface area contributed by atoms with Crippen molar-refractivity contribution < 1.29 is 24.2 Å². The van der Waals surface area contributed by atoms with Crippen molar-refractivity contribution in [2.24, 2.45) is 11.8 Å². The molecule has 0 saturated heterocycles. The van der Waals surface area contributed by atoms with Gasteiger partial charge in [-0.1, -0.05) is 44.7 Å². The zero-order chi connectivity index (χ0) is 33.1. The van der Waals surface area contributed by atoms with E-state index in [2.05, 4.69) is 29.5 Å². The standard InChI is InChI=1S/C36H53N5O5/c1-25-21-41(26(2)24-42)36(45)29-20-28(18-19-32(29)46-33(25)23-40(3)22-27-12-6-4-7-13-27)38-34(43)16-8-5-9-17-35(44)39-31-15-11-10-14-30(31)37/h10-11,14-15,18-20,25-27,33,42H,4-9,12-13,16-17,21-24,37H2,1-3H3,(H,38,43)(H,39,44)/t25-,26-,33+/m0/s1. The lowest BCUT2D eigenvalue weighted by molar-refractivity contribution is -0.116. The molecule has 2 aromatic rings. The van der Waals surface area contributed by atoms with Gasteiger partial charge in [-0.15, -0.1) is 0 Å². The van der Waals surface area contributed by atoms with Gasteiger partial charge in [0.1, 0.15) is 11.9 Å². The largest absolute Gasteiger partial charge is 0.488 e. The number of ether oxygens (including phenoxy) is 1. The van der Waals surface area contributed by atoms with Crippen LogP contribution in [0.1, 0.15) is 88.4 Å². The van der Waals surface area contributed by atoms with E-state index < -0.39 is 0 Å². The number of anilines is 3. The molecule has 5 N–H and O–H groups in total. The van der Waals surface area contributed by atoms with Gasteiger partial charge in [-0.05, 0) is 75.9 Å². The van der Waals surface area contributed by atoms with Gasteiger partial charge in [0.15, 0.2) is 0 Å². The number of nitrogens with one attached hydrogen (secondary N) is 2. The van der Waals surface area contributed by atoms with Crippen LogP contribution in [0.4, 0.5) is 17.1 Å². The van der Waals surface area contributed by atoms with Crippen LogP contribution in [0.5, 0.6) is 5.75 Å². The molecular weight excluding hydrogens is 582 g/mol. The lowest BCUT2D eigenvalue weighted by atomic mass is 9.89. The fourth-order valence-electron chi connectivity index (χ4n) is 6.51. The van der Waals surface area contributed by atoms with E-state index in [-0.39, 0.29) is 42.4 Å². The minimum atomic E-state index is -0.355. The van der Waals surface area contributed by atoms with E-state index in [9.17, 15) is 19.5 Å². The van der Waals surface area contributed by atoms with Crippen molar-refractivity contribution in [3.63, 3.8) is 0 Å². The highest BCUT2D eigenvalue weighted by molar-refractivity contribution is 6.00. The maximum Gasteiger partial charge on any atom is 0.258 e. The monoisotopic (exact) mass is 635 g/mol. The van der Waals surface area contributed by atoms with Crippen LogP contribution in [0.2, 0.25) is 0 Å². The molecule has 1 aliphatic heterocycles. The molecule has 2 aliphatic rings. The molecule has 0 unspecified atom stereocenters. The topological polar surface area (TPSA) is 137 Å². The van der Waals surface area contributed by atoms with Crippen LogP contribution < -0.4 is 21.1 Å². The van der Waals surface area contributed by atoms with Crippen LogP contribution in [-0.2, 0) is 9.59 Å². The summed E-state index contributed by atoms with van der Waals surface area (Å²) >= 11 is 0. The summed E-state index contributed by atoms with van der Waals surface area (Å²) in [6.45, 7) is 6.07. The van der Waals surface area contributed by atoms with Gasteiger partial charge >= 0.3 is 0 Å². The molecule has 4 rings (SSSR count). The fraction of sp³-hybridized carbons (Fsp3) is 0.583. The van der Waals surface area contributed by atoms with Crippen molar-refractivity contribution in [3.05, 3.63) is 48.0 Å².